The third-order valence-corrected chi connectivity index (χ3v) is 6.51. The molecule has 4 aromatic rings. The number of amides is 1. The van der Waals surface area contributed by atoms with Gasteiger partial charge >= 0.3 is 0 Å². The van der Waals surface area contributed by atoms with Crippen molar-refractivity contribution in [3.05, 3.63) is 84.3 Å². The van der Waals surface area contributed by atoms with Gasteiger partial charge in [0, 0.05) is 5.56 Å². The number of benzene rings is 3. The molecule has 35 heavy (non-hydrogen) atoms. The zero-order chi connectivity index (χ0) is 25.0. The number of ether oxygens (including phenoxy) is 1. The highest BCUT2D eigenvalue weighted by atomic mass is 32.2. The number of nitrogens with zero attached hydrogens (tertiary/aromatic N) is 1. The van der Waals surface area contributed by atoms with Gasteiger partial charge in [-0.2, -0.15) is 0 Å². The number of para-hydroxylation sites is 2. The molecule has 0 radical (unpaired) electrons. The molecule has 0 aliphatic rings. The van der Waals surface area contributed by atoms with Crippen LogP contribution in [0.3, 0.4) is 0 Å². The van der Waals surface area contributed by atoms with Gasteiger partial charge in [0.25, 0.3) is 10.0 Å². The third-order valence-electron chi connectivity index (χ3n) is 5.15. The van der Waals surface area contributed by atoms with E-state index in [0.29, 0.717) is 23.1 Å². The van der Waals surface area contributed by atoms with Crippen molar-refractivity contribution in [2.75, 3.05) is 17.1 Å². The second-order valence-electron chi connectivity index (χ2n) is 7.60. The number of oxazole rings is 1. The minimum atomic E-state index is -4.03. The summed E-state index contributed by atoms with van der Waals surface area (Å²) in [6.07, 6.45) is -0.127. The minimum Gasteiger partial charge on any atom is -0.506 e. The van der Waals surface area contributed by atoms with E-state index < -0.39 is 15.9 Å². The number of anilines is 2. The minimum absolute atomic E-state index is 0.0534. The fourth-order valence-corrected chi connectivity index (χ4v) is 4.45. The number of carbonyl (C=O) groups excluding carboxylic acids is 1. The number of hydrogen-bond donors (Lipinski definition) is 3. The van der Waals surface area contributed by atoms with Crippen molar-refractivity contribution < 1.29 is 27.5 Å². The summed E-state index contributed by atoms with van der Waals surface area (Å²) in [6, 6.07) is 19.4. The third kappa shape index (κ3) is 5.44. The molecule has 4 rings (SSSR count). The molecule has 0 fully saturated rings. The predicted molar refractivity (Wildman–Crippen MR) is 131 cm³/mol. The quantitative estimate of drug-likeness (QED) is 0.311. The summed E-state index contributed by atoms with van der Waals surface area (Å²) in [7, 11) is -2.60. The van der Waals surface area contributed by atoms with Gasteiger partial charge in [0.1, 0.15) is 17.3 Å². The maximum Gasteiger partial charge on any atom is 0.262 e. The Kier molecular flexibility index (Phi) is 6.74. The van der Waals surface area contributed by atoms with Crippen LogP contribution in [0.25, 0.3) is 11.5 Å². The maximum absolute atomic E-state index is 12.9. The number of nitrogens with one attached hydrogen (secondary N) is 2. The molecule has 3 N–H and O–H groups in total. The van der Waals surface area contributed by atoms with Gasteiger partial charge in [0.15, 0.2) is 0 Å². The molecule has 0 bridgehead atoms. The number of carbonyl (C=O) groups is 1. The van der Waals surface area contributed by atoms with Gasteiger partial charge in [-0.3, -0.25) is 9.52 Å². The fraction of sp³-hybridized carbons (Fsp3) is 0.120. The molecule has 0 aliphatic carbocycles. The number of hydrogen-bond acceptors (Lipinski definition) is 7. The molecule has 1 heterocycles. The monoisotopic (exact) mass is 493 g/mol. The van der Waals surface area contributed by atoms with Crippen molar-refractivity contribution in [3.8, 4) is 23.0 Å². The van der Waals surface area contributed by atoms with E-state index in [1.807, 2.05) is 30.3 Å². The Labute approximate surface area is 202 Å². The number of aryl methyl sites for hydroxylation is 1. The molecule has 1 amide bonds. The number of aromatic nitrogens is 1. The van der Waals surface area contributed by atoms with Crippen LogP contribution in [-0.4, -0.2) is 31.5 Å². The van der Waals surface area contributed by atoms with E-state index in [-0.39, 0.29) is 28.4 Å². The van der Waals surface area contributed by atoms with Crippen LogP contribution in [-0.2, 0) is 21.2 Å². The first-order valence-corrected chi connectivity index (χ1v) is 12.1. The number of rotatable bonds is 8. The van der Waals surface area contributed by atoms with Crippen molar-refractivity contribution in [3.63, 3.8) is 0 Å². The molecule has 1 aromatic heterocycles. The standard InChI is InChI=1S/C25H23N3O6S/c1-16-20(27-25(34-16)17-8-4-3-5-9-17)15-24(30)26-21-14-18(12-13-22(21)29)35(31,32)28-19-10-6-7-11-23(19)33-2/h3-14,28-29H,15H2,1-2H3,(H,26,30). The van der Waals surface area contributed by atoms with Crippen LogP contribution in [0.15, 0.2) is 82.1 Å². The summed E-state index contributed by atoms with van der Waals surface area (Å²) in [5, 5.41) is 12.8. The Morgan fingerprint density at radius 1 is 1.03 bits per heavy atom. The summed E-state index contributed by atoms with van der Waals surface area (Å²) < 4.78 is 39.1. The number of methoxy groups -OCH3 is 1. The average Bonchev–Trinajstić information content (AvgIpc) is 3.21. The molecule has 9 nitrogen and oxygen atoms in total. The summed E-state index contributed by atoms with van der Waals surface area (Å²) >= 11 is 0. The summed E-state index contributed by atoms with van der Waals surface area (Å²) in [5.74, 6) is 0.450. The fourth-order valence-electron chi connectivity index (χ4n) is 3.36. The van der Waals surface area contributed by atoms with E-state index in [2.05, 4.69) is 15.0 Å². The van der Waals surface area contributed by atoms with Gasteiger partial charge in [-0.05, 0) is 49.4 Å². The highest BCUT2D eigenvalue weighted by Crippen LogP contribution is 2.30. The number of phenolic OH excluding ortho intramolecular Hbond substituents is 1. The zero-order valence-electron chi connectivity index (χ0n) is 19.0. The number of phenols is 1. The van der Waals surface area contributed by atoms with E-state index in [1.165, 1.54) is 25.3 Å². The van der Waals surface area contributed by atoms with Gasteiger partial charge in [-0.1, -0.05) is 30.3 Å². The molecule has 0 saturated carbocycles. The predicted octanol–water partition coefficient (Wildman–Crippen LogP) is 4.35. The lowest BCUT2D eigenvalue weighted by Gasteiger charge is -2.13. The Balaban J connectivity index is 1.51. The van der Waals surface area contributed by atoms with Gasteiger partial charge in [0.2, 0.25) is 11.8 Å². The van der Waals surface area contributed by atoms with Crippen LogP contribution < -0.4 is 14.8 Å². The number of aromatic hydroxyl groups is 1. The largest absolute Gasteiger partial charge is 0.506 e. The molecule has 180 valence electrons. The van der Waals surface area contributed by atoms with Crippen molar-refractivity contribution in [2.45, 2.75) is 18.2 Å². The Morgan fingerprint density at radius 2 is 1.74 bits per heavy atom. The van der Waals surface area contributed by atoms with Crippen LogP contribution >= 0.6 is 0 Å². The SMILES string of the molecule is COc1ccccc1NS(=O)(=O)c1ccc(O)c(NC(=O)Cc2nc(-c3ccccc3)oc2C)c1. The number of sulfonamides is 1. The van der Waals surface area contributed by atoms with Crippen LogP contribution in [0, 0.1) is 6.92 Å². The van der Waals surface area contributed by atoms with E-state index in [9.17, 15) is 18.3 Å². The topological polar surface area (TPSA) is 131 Å². The molecular weight excluding hydrogens is 470 g/mol. The lowest BCUT2D eigenvalue weighted by Crippen LogP contribution is -2.17. The van der Waals surface area contributed by atoms with Crippen molar-refractivity contribution in [1.82, 2.24) is 4.98 Å². The molecule has 0 saturated heterocycles. The van der Waals surface area contributed by atoms with Gasteiger partial charge in [-0.15, -0.1) is 0 Å². The van der Waals surface area contributed by atoms with E-state index in [0.717, 1.165) is 5.56 Å². The lowest BCUT2D eigenvalue weighted by molar-refractivity contribution is -0.115. The summed E-state index contributed by atoms with van der Waals surface area (Å²) in [5.41, 5.74) is 1.41. The average molecular weight is 494 g/mol. The van der Waals surface area contributed by atoms with Crippen LogP contribution in [0.4, 0.5) is 11.4 Å². The first-order chi connectivity index (χ1) is 16.8. The van der Waals surface area contributed by atoms with E-state index in [4.69, 9.17) is 9.15 Å². The first-order valence-electron chi connectivity index (χ1n) is 10.6. The van der Waals surface area contributed by atoms with Crippen LogP contribution in [0.5, 0.6) is 11.5 Å². The summed E-state index contributed by atoms with van der Waals surface area (Å²) in [4.78, 5) is 16.9. The van der Waals surface area contributed by atoms with Gasteiger partial charge in [0.05, 0.1) is 35.5 Å². The molecule has 10 heteroatoms. The van der Waals surface area contributed by atoms with E-state index >= 15 is 0 Å². The first kappa shape index (κ1) is 23.8. The van der Waals surface area contributed by atoms with Crippen molar-refractivity contribution in [1.29, 1.82) is 0 Å². The maximum atomic E-state index is 12.9. The summed E-state index contributed by atoms with van der Waals surface area (Å²) in [6.45, 7) is 1.70. The Bertz CT molecular complexity index is 1470. The molecule has 0 spiro atoms. The molecule has 0 unspecified atom stereocenters. The molecule has 0 aliphatic heterocycles. The van der Waals surface area contributed by atoms with Gasteiger partial charge in [-0.25, -0.2) is 13.4 Å². The second kappa shape index (κ2) is 9.90. The highest BCUT2D eigenvalue weighted by Gasteiger charge is 2.20. The van der Waals surface area contributed by atoms with Crippen LogP contribution in [0.2, 0.25) is 0 Å². The molecule has 0 atom stereocenters. The zero-order valence-corrected chi connectivity index (χ0v) is 19.8. The smallest absolute Gasteiger partial charge is 0.262 e. The van der Waals surface area contributed by atoms with Crippen molar-refractivity contribution in [2.24, 2.45) is 0 Å². The Hall–Kier alpha value is -4.31. The molecule has 3 aromatic carbocycles. The van der Waals surface area contributed by atoms with Gasteiger partial charge < -0.3 is 19.6 Å². The van der Waals surface area contributed by atoms with Crippen molar-refractivity contribution >= 4 is 27.3 Å². The highest BCUT2D eigenvalue weighted by molar-refractivity contribution is 7.92. The van der Waals surface area contributed by atoms with E-state index in [1.54, 1.807) is 31.2 Å². The normalized spacial score (nSPS) is 11.1. The lowest BCUT2D eigenvalue weighted by atomic mass is 10.2. The Morgan fingerprint density at radius 3 is 2.49 bits per heavy atom. The van der Waals surface area contributed by atoms with Crippen LogP contribution in [0.1, 0.15) is 11.5 Å². The molecular formula is C25H23N3O6S. The second-order valence-corrected chi connectivity index (χ2v) is 9.28.